The fraction of sp³-hybridized carbons (Fsp3) is 0.385. The van der Waals surface area contributed by atoms with E-state index in [1.807, 2.05) is 0 Å². The fourth-order valence-electron chi connectivity index (χ4n) is 1.77. The second kappa shape index (κ2) is 5.89. The monoisotopic (exact) mass is 318 g/mol. The fourth-order valence-corrected chi connectivity index (χ4v) is 2.26. The molecule has 0 heterocycles. The summed E-state index contributed by atoms with van der Waals surface area (Å²) in [6.45, 7) is 4.84. The van der Waals surface area contributed by atoms with E-state index in [2.05, 4.69) is 0 Å². The Balaban J connectivity index is 3.26. The summed E-state index contributed by atoms with van der Waals surface area (Å²) in [6, 6.07) is 2.76. The summed E-state index contributed by atoms with van der Waals surface area (Å²) >= 11 is 11.8. The maximum Gasteiger partial charge on any atom is 0.329 e. The van der Waals surface area contributed by atoms with Crippen molar-refractivity contribution in [2.24, 2.45) is 0 Å². The van der Waals surface area contributed by atoms with Gasteiger partial charge in [0, 0.05) is 12.1 Å². The lowest BCUT2D eigenvalue weighted by atomic mass is 10.0. The molecule has 5 nitrogen and oxygen atoms in total. The number of likely N-dealkylation sites (N-methyl/N-ethyl adjacent to an activating group) is 1. The van der Waals surface area contributed by atoms with Gasteiger partial charge in [-0.15, -0.1) is 0 Å². The van der Waals surface area contributed by atoms with Crippen LogP contribution in [-0.2, 0) is 4.79 Å². The predicted molar refractivity (Wildman–Crippen MR) is 79.3 cm³/mol. The van der Waals surface area contributed by atoms with Crippen LogP contribution in [0.5, 0.6) is 0 Å². The number of hydrogen-bond donors (Lipinski definition) is 2. The van der Waals surface area contributed by atoms with Crippen LogP contribution in [0.1, 0.15) is 31.1 Å². The Labute approximate surface area is 127 Å². The number of carboxylic acid groups (broad SMARTS) is 1. The van der Waals surface area contributed by atoms with Crippen molar-refractivity contribution >= 4 is 40.8 Å². The van der Waals surface area contributed by atoms with Gasteiger partial charge in [-0.25, -0.2) is 4.79 Å². The minimum absolute atomic E-state index is 0.157. The molecule has 1 amide bonds. The molecule has 0 atom stereocenters. The van der Waals surface area contributed by atoms with Crippen molar-refractivity contribution in [3.63, 3.8) is 0 Å². The molecule has 1 aromatic carbocycles. The summed E-state index contributed by atoms with van der Waals surface area (Å²) in [7, 11) is 0. The lowest BCUT2D eigenvalue weighted by Gasteiger charge is -2.34. The highest BCUT2D eigenvalue weighted by Gasteiger charge is 2.37. The molecule has 0 saturated heterocycles. The third-order valence-corrected chi connectivity index (χ3v) is 3.71. The van der Waals surface area contributed by atoms with Crippen molar-refractivity contribution in [3.8, 4) is 0 Å². The average molecular weight is 319 g/mol. The molecule has 110 valence electrons. The first-order valence-corrected chi connectivity index (χ1v) is 6.68. The van der Waals surface area contributed by atoms with E-state index in [4.69, 9.17) is 28.9 Å². The van der Waals surface area contributed by atoms with Crippen molar-refractivity contribution < 1.29 is 14.7 Å². The van der Waals surface area contributed by atoms with E-state index in [0.29, 0.717) is 0 Å². The SMILES string of the molecule is CCN(C(=O)c1cc(Cl)c(N)c(Cl)c1)C(C)(C)C(=O)O. The van der Waals surface area contributed by atoms with E-state index >= 15 is 0 Å². The summed E-state index contributed by atoms with van der Waals surface area (Å²) in [5, 5.41) is 9.54. The first-order chi connectivity index (χ1) is 9.12. The van der Waals surface area contributed by atoms with E-state index in [1.165, 1.54) is 30.9 Å². The van der Waals surface area contributed by atoms with Crippen LogP contribution in [-0.4, -0.2) is 34.0 Å². The first-order valence-electron chi connectivity index (χ1n) is 5.92. The molecule has 0 bridgehead atoms. The van der Waals surface area contributed by atoms with Gasteiger partial charge in [0.25, 0.3) is 5.91 Å². The molecule has 1 aromatic rings. The molecule has 0 aliphatic heterocycles. The summed E-state index contributed by atoms with van der Waals surface area (Å²) in [6.07, 6.45) is 0. The zero-order valence-electron chi connectivity index (χ0n) is 11.4. The van der Waals surface area contributed by atoms with Crippen LogP contribution in [0.2, 0.25) is 10.0 Å². The quantitative estimate of drug-likeness (QED) is 0.836. The zero-order valence-corrected chi connectivity index (χ0v) is 12.9. The Morgan fingerprint density at radius 3 is 2.10 bits per heavy atom. The summed E-state index contributed by atoms with van der Waals surface area (Å²) in [5.41, 5.74) is 4.65. The van der Waals surface area contributed by atoms with Gasteiger partial charge in [-0.1, -0.05) is 23.2 Å². The highest BCUT2D eigenvalue weighted by Crippen LogP contribution is 2.30. The second-order valence-corrected chi connectivity index (χ2v) is 5.58. The summed E-state index contributed by atoms with van der Waals surface area (Å²) < 4.78 is 0. The number of rotatable bonds is 4. The number of nitrogens with zero attached hydrogens (tertiary/aromatic N) is 1. The Kier molecular flexibility index (Phi) is 4.89. The van der Waals surface area contributed by atoms with Gasteiger partial charge in [0.15, 0.2) is 0 Å². The molecule has 0 aromatic heterocycles. The lowest BCUT2D eigenvalue weighted by Crippen LogP contribution is -2.52. The number of hydrogen-bond acceptors (Lipinski definition) is 3. The molecular weight excluding hydrogens is 303 g/mol. The van der Waals surface area contributed by atoms with Crippen LogP contribution in [0.3, 0.4) is 0 Å². The number of amides is 1. The third-order valence-electron chi connectivity index (χ3n) is 3.09. The molecule has 1 rings (SSSR count). The van der Waals surface area contributed by atoms with Crippen molar-refractivity contribution in [2.75, 3.05) is 12.3 Å². The van der Waals surface area contributed by atoms with Gasteiger partial charge >= 0.3 is 5.97 Å². The number of halogens is 2. The van der Waals surface area contributed by atoms with Gasteiger partial charge in [-0.3, -0.25) is 4.79 Å². The largest absolute Gasteiger partial charge is 0.480 e. The predicted octanol–water partition coefficient (Wildman–Crippen LogP) is 2.90. The molecule has 20 heavy (non-hydrogen) atoms. The zero-order chi connectivity index (χ0) is 15.7. The summed E-state index contributed by atoms with van der Waals surface area (Å²) in [5.74, 6) is -1.57. The van der Waals surface area contributed by atoms with Crippen molar-refractivity contribution in [1.29, 1.82) is 0 Å². The third kappa shape index (κ3) is 2.99. The molecule has 3 N–H and O–H groups in total. The van der Waals surface area contributed by atoms with Crippen LogP contribution in [0.15, 0.2) is 12.1 Å². The van der Waals surface area contributed by atoms with Crippen molar-refractivity contribution in [3.05, 3.63) is 27.7 Å². The number of nitrogen functional groups attached to an aromatic ring is 1. The number of anilines is 1. The number of nitrogens with two attached hydrogens (primary N) is 1. The number of carbonyl (C=O) groups excluding carboxylic acids is 1. The van der Waals surface area contributed by atoms with Crippen LogP contribution in [0.4, 0.5) is 5.69 Å². The molecule has 0 radical (unpaired) electrons. The van der Waals surface area contributed by atoms with Gasteiger partial charge in [0.05, 0.1) is 15.7 Å². The Morgan fingerprint density at radius 1 is 1.30 bits per heavy atom. The number of aliphatic carboxylic acids is 1. The lowest BCUT2D eigenvalue weighted by molar-refractivity contribution is -0.147. The smallest absolute Gasteiger partial charge is 0.329 e. The Morgan fingerprint density at radius 2 is 1.75 bits per heavy atom. The number of carbonyl (C=O) groups is 2. The molecule has 0 spiro atoms. The van der Waals surface area contributed by atoms with Gasteiger partial charge in [-0.05, 0) is 32.9 Å². The summed E-state index contributed by atoms with van der Waals surface area (Å²) in [4.78, 5) is 25.0. The molecule has 0 saturated carbocycles. The van der Waals surface area contributed by atoms with E-state index < -0.39 is 17.4 Å². The standard InChI is InChI=1S/C13H16Cl2N2O3/c1-4-17(13(2,3)12(19)20)11(18)7-5-8(14)10(16)9(15)6-7/h5-6H,4,16H2,1-3H3,(H,19,20). The van der Waals surface area contributed by atoms with Gasteiger partial charge in [0.2, 0.25) is 0 Å². The normalized spacial score (nSPS) is 11.2. The molecule has 7 heteroatoms. The average Bonchev–Trinajstić information content (AvgIpc) is 2.35. The van der Waals surface area contributed by atoms with Gasteiger partial charge in [-0.2, -0.15) is 0 Å². The number of carboxylic acids is 1. The van der Waals surface area contributed by atoms with Crippen LogP contribution >= 0.6 is 23.2 Å². The van der Waals surface area contributed by atoms with Crippen molar-refractivity contribution in [1.82, 2.24) is 4.90 Å². The Hall–Kier alpha value is -1.46. The highest BCUT2D eigenvalue weighted by atomic mass is 35.5. The second-order valence-electron chi connectivity index (χ2n) is 4.77. The minimum atomic E-state index is -1.34. The van der Waals surface area contributed by atoms with E-state index in [0.717, 1.165) is 0 Å². The molecule has 0 unspecified atom stereocenters. The minimum Gasteiger partial charge on any atom is -0.480 e. The topological polar surface area (TPSA) is 83.6 Å². The first kappa shape index (κ1) is 16.6. The van der Waals surface area contributed by atoms with Crippen LogP contribution < -0.4 is 5.73 Å². The van der Waals surface area contributed by atoms with Crippen LogP contribution in [0, 0.1) is 0 Å². The van der Waals surface area contributed by atoms with Crippen LogP contribution in [0.25, 0.3) is 0 Å². The van der Waals surface area contributed by atoms with Gasteiger partial charge in [0.1, 0.15) is 5.54 Å². The number of benzene rings is 1. The molecular formula is C13H16Cl2N2O3. The van der Waals surface area contributed by atoms with Crippen molar-refractivity contribution in [2.45, 2.75) is 26.3 Å². The maximum atomic E-state index is 12.4. The maximum absolute atomic E-state index is 12.4. The van der Waals surface area contributed by atoms with E-state index in [1.54, 1.807) is 6.92 Å². The molecule has 0 fully saturated rings. The van der Waals surface area contributed by atoms with E-state index in [-0.39, 0.29) is 27.8 Å². The molecule has 0 aliphatic rings. The van der Waals surface area contributed by atoms with E-state index in [9.17, 15) is 14.7 Å². The highest BCUT2D eigenvalue weighted by molar-refractivity contribution is 6.39. The Bertz CT molecular complexity index is 536. The molecule has 0 aliphatic carbocycles. The van der Waals surface area contributed by atoms with Gasteiger partial charge < -0.3 is 15.7 Å².